The van der Waals surface area contributed by atoms with E-state index >= 15 is 0 Å². The standard InChI is InChI=1S/C13H20N2O5S/c1-10(2)20-12-7-4-6-11(13(12)15(16)17)14-8-5-9-21(3,18)19/h4,6-7,10,14H,5,8-9H2,1-3H3. The van der Waals surface area contributed by atoms with Crippen LogP contribution in [0.4, 0.5) is 11.4 Å². The van der Waals surface area contributed by atoms with E-state index in [9.17, 15) is 18.5 Å². The van der Waals surface area contributed by atoms with Gasteiger partial charge in [-0.1, -0.05) is 6.07 Å². The van der Waals surface area contributed by atoms with Crippen LogP contribution in [0.25, 0.3) is 0 Å². The molecular weight excluding hydrogens is 296 g/mol. The molecule has 8 heteroatoms. The molecule has 118 valence electrons. The molecule has 0 saturated carbocycles. The first-order chi connectivity index (χ1) is 9.70. The molecule has 0 spiro atoms. The first-order valence-corrected chi connectivity index (χ1v) is 8.62. The molecule has 0 unspecified atom stereocenters. The van der Waals surface area contributed by atoms with Crippen molar-refractivity contribution in [2.75, 3.05) is 23.9 Å². The minimum absolute atomic E-state index is 0.0377. The second-order valence-corrected chi connectivity index (χ2v) is 7.25. The summed E-state index contributed by atoms with van der Waals surface area (Å²) in [6, 6.07) is 4.77. The number of hydrogen-bond donors (Lipinski definition) is 1. The maximum absolute atomic E-state index is 11.2. The zero-order valence-electron chi connectivity index (χ0n) is 12.3. The average Bonchev–Trinajstić information content (AvgIpc) is 2.32. The lowest BCUT2D eigenvalue weighted by Crippen LogP contribution is -2.12. The van der Waals surface area contributed by atoms with E-state index in [4.69, 9.17) is 4.74 Å². The molecular formula is C13H20N2O5S. The average molecular weight is 316 g/mol. The first kappa shape index (κ1) is 17.2. The summed E-state index contributed by atoms with van der Waals surface area (Å²) in [5, 5.41) is 14.1. The number of nitro groups is 1. The van der Waals surface area contributed by atoms with Crippen molar-refractivity contribution in [3.63, 3.8) is 0 Å². The van der Waals surface area contributed by atoms with Gasteiger partial charge in [-0.3, -0.25) is 10.1 Å². The van der Waals surface area contributed by atoms with Crippen molar-refractivity contribution in [1.82, 2.24) is 0 Å². The van der Waals surface area contributed by atoms with Crippen LogP contribution < -0.4 is 10.1 Å². The number of nitrogens with zero attached hydrogens (tertiary/aromatic N) is 1. The maximum atomic E-state index is 11.2. The molecule has 0 bridgehead atoms. The number of sulfone groups is 1. The van der Waals surface area contributed by atoms with E-state index in [1.165, 1.54) is 0 Å². The number of para-hydroxylation sites is 1. The number of anilines is 1. The summed E-state index contributed by atoms with van der Waals surface area (Å²) in [5.74, 6) is 0.235. The van der Waals surface area contributed by atoms with Gasteiger partial charge in [-0.25, -0.2) is 8.42 Å². The summed E-state index contributed by atoms with van der Waals surface area (Å²) >= 11 is 0. The number of hydrogen-bond acceptors (Lipinski definition) is 6. The molecule has 0 atom stereocenters. The largest absolute Gasteiger partial charge is 0.484 e. The highest BCUT2D eigenvalue weighted by molar-refractivity contribution is 7.90. The zero-order chi connectivity index (χ0) is 16.0. The van der Waals surface area contributed by atoms with Gasteiger partial charge >= 0.3 is 5.69 Å². The van der Waals surface area contributed by atoms with Gasteiger partial charge in [0.2, 0.25) is 0 Å². The number of rotatable bonds is 8. The monoisotopic (exact) mass is 316 g/mol. The lowest BCUT2D eigenvalue weighted by Gasteiger charge is -2.13. The van der Waals surface area contributed by atoms with Gasteiger partial charge < -0.3 is 10.1 Å². The van der Waals surface area contributed by atoms with Crippen molar-refractivity contribution >= 4 is 21.2 Å². The highest BCUT2D eigenvalue weighted by Gasteiger charge is 2.21. The fraction of sp³-hybridized carbons (Fsp3) is 0.538. The van der Waals surface area contributed by atoms with Gasteiger partial charge in [0.05, 0.1) is 16.8 Å². The predicted octanol–water partition coefficient (Wildman–Crippen LogP) is 2.23. The van der Waals surface area contributed by atoms with Crippen molar-refractivity contribution in [2.45, 2.75) is 26.4 Å². The Balaban J connectivity index is 2.84. The number of nitrogens with one attached hydrogen (secondary N) is 1. The number of benzene rings is 1. The van der Waals surface area contributed by atoms with Crippen LogP contribution in [-0.4, -0.2) is 38.0 Å². The molecule has 1 rings (SSSR count). The third kappa shape index (κ3) is 5.99. The van der Waals surface area contributed by atoms with Crippen LogP contribution in [0, 0.1) is 10.1 Å². The van der Waals surface area contributed by atoms with E-state index in [0.29, 0.717) is 18.7 Å². The molecule has 1 aromatic rings. The lowest BCUT2D eigenvalue weighted by atomic mass is 10.2. The minimum Gasteiger partial charge on any atom is -0.484 e. The Morgan fingerprint density at radius 1 is 1.38 bits per heavy atom. The smallest absolute Gasteiger partial charge is 0.333 e. The number of ether oxygens (including phenoxy) is 1. The van der Waals surface area contributed by atoms with Crippen LogP contribution in [0.15, 0.2) is 18.2 Å². The van der Waals surface area contributed by atoms with Crippen molar-refractivity contribution < 1.29 is 18.1 Å². The van der Waals surface area contributed by atoms with Crippen molar-refractivity contribution in [3.05, 3.63) is 28.3 Å². The van der Waals surface area contributed by atoms with Crippen LogP contribution in [0.5, 0.6) is 5.75 Å². The molecule has 0 saturated heterocycles. The van der Waals surface area contributed by atoms with Gasteiger partial charge in [0, 0.05) is 12.8 Å². The second-order valence-electron chi connectivity index (χ2n) is 4.99. The fourth-order valence-electron chi connectivity index (χ4n) is 1.76. The summed E-state index contributed by atoms with van der Waals surface area (Å²) in [5.41, 5.74) is 0.192. The van der Waals surface area contributed by atoms with Gasteiger partial charge in [0.1, 0.15) is 15.5 Å². The highest BCUT2D eigenvalue weighted by atomic mass is 32.2. The van der Waals surface area contributed by atoms with E-state index in [-0.39, 0.29) is 23.3 Å². The molecule has 0 amide bonds. The first-order valence-electron chi connectivity index (χ1n) is 6.56. The normalized spacial score (nSPS) is 11.4. The minimum atomic E-state index is -3.03. The van der Waals surface area contributed by atoms with Crippen LogP contribution in [0.2, 0.25) is 0 Å². The van der Waals surface area contributed by atoms with E-state index in [0.717, 1.165) is 6.26 Å². The van der Waals surface area contributed by atoms with Gasteiger partial charge in [-0.15, -0.1) is 0 Å². The highest BCUT2D eigenvalue weighted by Crippen LogP contribution is 2.35. The molecule has 0 aromatic heterocycles. The Kier molecular flexibility index (Phi) is 5.95. The van der Waals surface area contributed by atoms with Gasteiger partial charge in [-0.05, 0) is 32.4 Å². The van der Waals surface area contributed by atoms with Gasteiger partial charge in [0.25, 0.3) is 0 Å². The van der Waals surface area contributed by atoms with Crippen molar-refractivity contribution in [2.24, 2.45) is 0 Å². The molecule has 0 aliphatic carbocycles. The maximum Gasteiger partial charge on any atom is 0.333 e. The van der Waals surface area contributed by atoms with Crippen LogP contribution in [0.3, 0.4) is 0 Å². The van der Waals surface area contributed by atoms with Crippen molar-refractivity contribution in [1.29, 1.82) is 0 Å². The quantitative estimate of drug-likeness (QED) is 0.448. The van der Waals surface area contributed by atoms with Crippen LogP contribution in [0.1, 0.15) is 20.3 Å². The van der Waals surface area contributed by atoms with Crippen molar-refractivity contribution in [3.8, 4) is 5.75 Å². The molecule has 0 heterocycles. The summed E-state index contributed by atoms with van der Waals surface area (Å²) in [7, 11) is -3.03. The Morgan fingerprint density at radius 2 is 2.05 bits per heavy atom. The molecule has 0 aliphatic rings. The van der Waals surface area contributed by atoms with Crippen LogP contribution in [-0.2, 0) is 9.84 Å². The summed E-state index contributed by atoms with van der Waals surface area (Å²) < 4.78 is 27.5. The summed E-state index contributed by atoms with van der Waals surface area (Å²) in [6.07, 6.45) is 1.36. The Hall–Kier alpha value is -1.83. The molecule has 1 aromatic carbocycles. The third-order valence-corrected chi connectivity index (χ3v) is 3.58. The van der Waals surface area contributed by atoms with Crippen LogP contribution >= 0.6 is 0 Å². The fourth-order valence-corrected chi connectivity index (χ4v) is 2.43. The van der Waals surface area contributed by atoms with E-state index in [1.54, 1.807) is 32.0 Å². The summed E-state index contributed by atoms with van der Waals surface area (Å²) in [4.78, 5) is 10.7. The topological polar surface area (TPSA) is 98.5 Å². The lowest BCUT2D eigenvalue weighted by molar-refractivity contribution is -0.385. The predicted molar refractivity (Wildman–Crippen MR) is 81.7 cm³/mol. The molecule has 1 N–H and O–H groups in total. The molecule has 21 heavy (non-hydrogen) atoms. The third-order valence-electron chi connectivity index (χ3n) is 2.55. The molecule has 0 fully saturated rings. The van der Waals surface area contributed by atoms with E-state index in [1.807, 2.05) is 0 Å². The number of nitro benzene ring substituents is 1. The van der Waals surface area contributed by atoms with E-state index in [2.05, 4.69) is 5.32 Å². The van der Waals surface area contributed by atoms with Gasteiger partial charge in [-0.2, -0.15) is 0 Å². The Morgan fingerprint density at radius 3 is 2.57 bits per heavy atom. The Bertz CT molecular complexity index is 599. The zero-order valence-corrected chi connectivity index (χ0v) is 13.1. The van der Waals surface area contributed by atoms with Gasteiger partial charge in [0.15, 0.2) is 5.75 Å². The molecule has 0 radical (unpaired) electrons. The summed E-state index contributed by atoms with van der Waals surface area (Å²) in [6.45, 7) is 3.91. The van der Waals surface area contributed by atoms with E-state index < -0.39 is 14.8 Å². The second kappa shape index (κ2) is 7.26. The molecule has 7 nitrogen and oxygen atoms in total. The Labute approximate surface area is 124 Å². The SMILES string of the molecule is CC(C)Oc1cccc(NCCCS(C)(=O)=O)c1[N+](=O)[O-]. The molecule has 0 aliphatic heterocycles.